The van der Waals surface area contributed by atoms with Gasteiger partial charge in [-0.2, -0.15) is 0 Å². The number of likely N-dealkylation sites (N-methyl/N-ethyl adjacent to an activating group) is 1. The quantitative estimate of drug-likeness (QED) is 0.363. The number of anilines is 1. The van der Waals surface area contributed by atoms with Gasteiger partial charge in [-0.15, -0.1) is 11.3 Å². The lowest BCUT2D eigenvalue weighted by Gasteiger charge is -2.17. The number of hydrogen-bond acceptors (Lipinski definition) is 4. The number of carbonyl (C=O) groups is 3. The van der Waals surface area contributed by atoms with E-state index in [1.54, 1.807) is 43.4 Å². The molecule has 0 aliphatic rings. The number of carbonyl (C=O) groups excluding carboxylic acids is 3. The Bertz CT molecular complexity index is 1320. The van der Waals surface area contributed by atoms with E-state index in [4.69, 9.17) is 11.6 Å². The van der Waals surface area contributed by atoms with Gasteiger partial charge in [0.05, 0.1) is 17.1 Å². The number of nitrogens with one attached hydrogen (secondary N) is 2. The van der Waals surface area contributed by atoms with Crippen molar-refractivity contribution in [3.8, 4) is 0 Å². The molecule has 2 aromatic carbocycles. The van der Waals surface area contributed by atoms with Crippen LogP contribution in [-0.4, -0.2) is 36.2 Å². The molecule has 0 radical (unpaired) electrons. The summed E-state index contributed by atoms with van der Waals surface area (Å²) in [7, 11) is 1.60. The van der Waals surface area contributed by atoms with E-state index in [0.29, 0.717) is 26.8 Å². The van der Waals surface area contributed by atoms with Crippen LogP contribution in [0.15, 0.2) is 60.7 Å². The van der Waals surface area contributed by atoms with Crippen molar-refractivity contribution in [1.29, 1.82) is 0 Å². The Balaban J connectivity index is 1.51. The number of ketones is 1. The average molecular weight is 480 g/mol. The number of aromatic nitrogens is 1. The van der Waals surface area contributed by atoms with Gasteiger partial charge in [0.2, 0.25) is 5.91 Å². The first-order chi connectivity index (χ1) is 15.9. The number of para-hydroxylation sites is 1. The van der Waals surface area contributed by atoms with Crippen LogP contribution in [-0.2, 0) is 11.2 Å². The summed E-state index contributed by atoms with van der Waals surface area (Å²) in [6.45, 7) is 1.78. The predicted molar refractivity (Wildman–Crippen MR) is 133 cm³/mol. The van der Waals surface area contributed by atoms with Gasteiger partial charge in [-0.05, 0) is 36.8 Å². The summed E-state index contributed by atoms with van der Waals surface area (Å²) in [5.41, 5.74) is 2.03. The Labute approximate surface area is 200 Å². The van der Waals surface area contributed by atoms with Gasteiger partial charge >= 0.3 is 0 Å². The molecular weight excluding hydrogens is 458 g/mol. The molecule has 33 heavy (non-hydrogen) atoms. The molecule has 6 nitrogen and oxygen atoms in total. The van der Waals surface area contributed by atoms with Crippen molar-refractivity contribution in [2.24, 2.45) is 0 Å². The second kappa shape index (κ2) is 9.60. The number of benzene rings is 2. The van der Waals surface area contributed by atoms with Crippen molar-refractivity contribution >= 4 is 56.4 Å². The van der Waals surface area contributed by atoms with Crippen LogP contribution in [0.2, 0.25) is 5.02 Å². The Morgan fingerprint density at radius 3 is 2.48 bits per heavy atom. The highest BCUT2D eigenvalue weighted by Crippen LogP contribution is 2.34. The molecule has 2 aromatic heterocycles. The third kappa shape index (κ3) is 4.69. The topological polar surface area (TPSA) is 82.3 Å². The van der Waals surface area contributed by atoms with E-state index < -0.39 is 0 Å². The molecule has 0 saturated heterocycles. The van der Waals surface area contributed by atoms with Gasteiger partial charge in [-0.3, -0.25) is 14.4 Å². The summed E-state index contributed by atoms with van der Waals surface area (Å²) in [5.74, 6) is -0.953. The molecule has 168 valence electrons. The van der Waals surface area contributed by atoms with Gasteiger partial charge < -0.3 is 15.2 Å². The van der Waals surface area contributed by atoms with Crippen LogP contribution in [0, 0.1) is 0 Å². The van der Waals surface area contributed by atoms with E-state index in [0.717, 1.165) is 22.2 Å². The Kier molecular flexibility index (Phi) is 6.62. The highest BCUT2D eigenvalue weighted by atomic mass is 35.5. The number of hydrogen-bond donors (Lipinski definition) is 2. The van der Waals surface area contributed by atoms with Crippen molar-refractivity contribution in [2.75, 3.05) is 18.5 Å². The normalized spacial score (nSPS) is 10.9. The Morgan fingerprint density at radius 2 is 1.76 bits per heavy atom. The summed E-state index contributed by atoms with van der Waals surface area (Å²) in [6, 6.07) is 17.9. The number of halogens is 1. The highest BCUT2D eigenvalue weighted by Gasteiger charge is 2.24. The standard InChI is InChI=1S/C25H22ClN3O3S/c1-3-16-13-18(23(31)17-9-5-6-10-19(17)26)25(33-16)29(2)22(30)14-27-24(32)21-12-15-8-4-7-11-20(15)28-21/h4-13,28H,3,14H2,1-2H3,(H,27,32). The van der Waals surface area contributed by atoms with Crippen molar-refractivity contribution in [3.05, 3.63) is 87.4 Å². The number of nitrogens with zero attached hydrogens (tertiary/aromatic N) is 1. The summed E-state index contributed by atoms with van der Waals surface area (Å²) >= 11 is 7.61. The lowest BCUT2D eigenvalue weighted by atomic mass is 10.0. The van der Waals surface area contributed by atoms with E-state index in [1.165, 1.54) is 16.2 Å². The Hall–Kier alpha value is -3.42. The van der Waals surface area contributed by atoms with Gasteiger partial charge in [-0.25, -0.2) is 0 Å². The highest BCUT2D eigenvalue weighted by molar-refractivity contribution is 7.16. The first kappa shape index (κ1) is 22.8. The van der Waals surface area contributed by atoms with Gasteiger partial charge in [0.25, 0.3) is 5.91 Å². The number of thiophene rings is 1. The molecule has 0 fully saturated rings. The van der Waals surface area contributed by atoms with E-state index in [9.17, 15) is 14.4 Å². The van der Waals surface area contributed by atoms with Crippen LogP contribution < -0.4 is 10.2 Å². The number of rotatable bonds is 7. The second-order valence-electron chi connectivity index (χ2n) is 7.50. The van der Waals surface area contributed by atoms with Gasteiger partial charge in [0.15, 0.2) is 5.78 Å². The van der Waals surface area contributed by atoms with Crippen LogP contribution in [0.1, 0.15) is 38.2 Å². The molecule has 0 unspecified atom stereocenters. The summed E-state index contributed by atoms with van der Waals surface area (Å²) in [4.78, 5) is 44.1. The molecule has 2 heterocycles. The molecule has 0 atom stereocenters. The number of aromatic amines is 1. The van der Waals surface area contributed by atoms with Gasteiger partial charge in [-0.1, -0.05) is 48.9 Å². The van der Waals surface area contributed by atoms with E-state index in [2.05, 4.69) is 10.3 Å². The van der Waals surface area contributed by atoms with E-state index in [-0.39, 0.29) is 24.1 Å². The van der Waals surface area contributed by atoms with Crippen LogP contribution in [0.4, 0.5) is 5.00 Å². The maximum Gasteiger partial charge on any atom is 0.268 e. The molecule has 0 spiro atoms. The zero-order valence-corrected chi connectivity index (χ0v) is 19.7. The van der Waals surface area contributed by atoms with Crippen molar-refractivity contribution in [2.45, 2.75) is 13.3 Å². The second-order valence-corrected chi connectivity index (χ2v) is 9.02. The number of amides is 2. The average Bonchev–Trinajstić information content (AvgIpc) is 3.46. The monoisotopic (exact) mass is 479 g/mol. The van der Waals surface area contributed by atoms with Gasteiger partial charge in [0.1, 0.15) is 10.7 Å². The fourth-order valence-corrected chi connectivity index (χ4v) is 4.78. The summed E-state index contributed by atoms with van der Waals surface area (Å²) < 4.78 is 0. The molecule has 8 heteroatoms. The van der Waals surface area contributed by atoms with Crippen molar-refractivity contribution in [1.82, 2.24) is 10.3 Å². The van der Waals surface area contributed by atoms with E-state index in [1.807, 2.05) is 31.2 Å². The molecule has 0 saturated carbocycles. The van der Waals surface area contributed by atoms with Crippen LogP contribution >= 0.6 is 22.9 Å². The number of H-pyrrole nitrogens is 1. The minimum absolute atomic E-state index is 0.205. The molecular formula is C25H22ClN3O3S. The zero-order chi connectivity index (χ0) is 23.5. The molecule has 4 aromatic rings. The molecule has 2 amide bonds. The fraction of sp³-hybridized carbons (Fsp3) is 0.160. The molecule has 2 N–H and O–H groups in total. The third-order valence-corrected chi connectivity index (χ3v) is 7.01. The lowest BCUT2D eigenvalue weighted by Crippen LogP contribution is -2.38. The Morgan fingerprint density at radius 1 is 1.03 bits per heavy atom. The van der Waals surface area contributed by atoms with Crippen molar-refractivity contribution in [3.63, 3.8) is 0 Å². The SMILES string of the molecule is CCc1cc(C(=O)c2ccccc2Cl)c(N(C)C(=O)CNC(=O)c2cc3ccccc3[nH]2)s1. The maximum atomic E-state index is 13.2. The van der Waals surface area contributed by atoms with E-state index >= 15 is 0 Å². The molecule has 0 bridgehead atoms. The number of fused-ring (bicyclic) bond motifs is 1. The largest absolute Gasteiger partial charge is 0.351 e. The summed E-state index contributed by atoms with van der Waals surface area (Å²) in [5, 5.41) is 4.46. The van der Waals surface area contributed by atoms with Crippen LogP contribution in [0.5, 0.6) is 0 Å². The number of aryl methyl sites for hydroxylation is 1. The lowest BCUT2D eigenvalue weighted by molar-refractivity contribution is -0.117. The maximum absolute atomic E-state index is 13.2. The first-order valence-electron chi connectivity index (χ1n) is 10.4. The minimum Gasteiger partial charge on any atom is -0.351 e. The van der Waals surface area contributed by atoms with Crippen molar-refractivity contribution < 1.29 is 14.4 Å². The van der Waals surface area contributed by atoms with Gasteiger partial charge in [0, 0.05) is 28.4 Å². The molecule has 0 aliphatic carbocycles. The van der Waals surface area contributed by atoms with Crippen LogP contribution in [0.25, 0.3) is 10.9 Å². The third-order valence-electron chi connectivity index (χ3n) is 5.33. The first-order valence-corrected chi connectivity index (χ1v) is 11.6. The summed E-state index contributed by atoms with van der Waals surface area (Å²) in [6.07, 6.45) is 0.729. The predicted octanol–water partition coefficient (Wildman–Crippen LogP) is 5.07. The smallest absolute Gasteiger partial charge is 0.268 e. The van der Waals surface area contributed by atoms with Crippen LogP contribution in [0.3, 0.4) is 0 Å². The minimum atomic E-state index is -0.374. The molecule has 4 rings (SSSR count). The fourth-order valence-electron chi connectivity index (χ4n) is 3.49. The molecule has 0 aliphatic heterocycles. The zero-order valence-electron chi connectivity index (χ0n) is 18.1.